The lowest BCUT2D eigenvalue weighted by Gasteiger charge is -2.25. The van der Waals surface area contributed by atoms with Crippen LogP contribution in [0.4, 0.5) is 13.2 Å². The van der Waals surface area contributed by atoms with Crippen LogP contribution in [-0.2, 0) is 17.4 Å². The fourth-order valence-corrected chi connectivity index (χ4v) is 4.51. The molecule has 1 aliphatic rings. The summed E-state index contributed by atoms with van der Waals surface area (Å²) in [5.74, 6) is 0.732. The van der Waals surface area contributed by atoms with E-state index in [4.69, 9.17) is 4.74 Å². The molecule has 1 aliphatic heterocycles. The van der Waals surface area contributed by atoms with Gasteiger partial charge in [-0.05, 0) is 62.6 Å². The molecule has 2 aromatic carbocycles. The van der Waals surface area contributed by atoms with Gasteiger partial charge in [0.1, 0.15) is 5.75 Å². The second-order valence-electron chi connectivity index (χ2n) is 8.31. The number of aromatic nitrogens is 2. The van der Waals surface area contributed by atoms with Gasteiger partial charge >= 0.3 is 6.18 Å². The first-order valence-electron chi connectivity index (χ1n) is 10.8. The third-order valence-electron chi connectivity index (χ3n) is 6.24. The molecule has 0 spiro atoms. The van der Waals surface area contributed by atoms with Gasteiger partial charge in [-0.1, -0.05) is 18.2 Å². The van der Waals surface area contributed by atoms with E-state index in [0.717, 1.165) is 41.9 Å². The van der Waals surface area contributed by atoms with Crippen LogP contribution in [0.3, 0.4) is 0 Å². The van der Waals surface area contributed by atoms with Gasteiger partial charge in [-0.15, -0.1) is 0 Å². The standard InChI is InChI=1S/C25H26F3N3O2/c1-16-22(17(2)31(29-16)20-9-5-8-19(14-20)25(26,27)28)15-24(32)30-12-6-11-23(30)18-7-4-10-21(13-18)33-3/h4-5,7-10,13-14,23H,6,11-12,15H2,1-3H3. The van der Waals surface area contributed by atoms with Crippen LogP contribution in [-0.4, -0.2) is 34.2 Å². The normalized spacial score (nSPS) is 16.3. The molecule has 0 aliphatic carbocycles. The minimum absolute atomic E-state index is 0.0184. The maximum absolute atomic E-state index is 13.3. The van der Waals surface area contributed by atoms with Crippen molar-refractivity contribution in [2.45, 2.75) is 45.3 Å². The molecule has 2 heterocycles. The van der Waals surface area contributed by atoms with Gasteiger partial charge in [0, 0.05) is 17.8 Å². The second-order valence-corrected chi connectivity index (χ2v) is 8.31. The van der Waals surface area contributed by atoms with Crippen LogP contribution in [0.2, 0.25) is 0 Å². The van der Waals surface area contributed by atoms with E-state index in [1.54, 1.807) is 27.0 Å². The van der Waals surface area contributed by atoms with Crippen molar-refractivity contribution in [2.24, 2.45) is 0 Å². The third-order valence-corrected chi connectivity index (χ3v) is 6.24. The quantitative estimate of drug-likeness (QED) is 0.514. The number of methoxy groups -OCH3 is 1. The van der Waals surface area contributed by atoms with Gasteiger partial charge in [-0.25, -0.2) is 4.68 Å². The van der Waals surface area contributed by atoms with Crippen molar-refractivity contribution >= 4 is 5.91 Å². The number of hydrogen-bond donors (Lipinski definition) is 0. The molecule has 0 N–H and O–H groups in total. The fraction of sp³-hybridized carbons (Fsp3) is 0.360. The Morgan fingerprint density at radius 2 is 1.91 bits per heavy atom. The van der Waals surface area contributed by atoms with Crippen molar-refractivity contribution in [3.05, 3.63) is 76.6 Å². The molecule has 0 bridgehead atoms. The number of carbonyl (C=O) groups is 1. The summed E-state index contributed by atoms with van der Waals surface area (Å²) < 4.78 is 46.3. The molecule has 1 unspecified atom stereocenters. The summed E-state index contributed by atoms with van der Waals surface area (Å²) in [6.45, 7) is 4.23. The third kappa shape index (κ3) is 4.60. The zero-order valence-electron chi connectivity index (χ0n) is 18.8. The molecule has 1 saturated heterocycles. The molecule has 5 nitrogen and oxygen atoms in total. The number of likely N-dealkylation sites (tertiary alicyclic amines) is 1. The van der Waals surface area contributed by atoms with Crippen molar-refractivity contribution < 1.29 is 22.7 Å². The summed E-state index contributed by atoms with van der Waals surface area (Å²) in [5, 5.41) is 4.45. The second kappa shape index (κ2) is 8.92. The van der Waals surface area contributed by atoms with Gasteiger partial charge in [0.05, 0.1) is 36.5 Å². The van der Waals surface area contributed by atoms with Crippen molar-refractivity contribution in [1.29, 1.82) is 0 Å². The Hall–Kier alpha value is -3.29. The summed E-state index contributed by atoms with van der Waals surface area (Å²) in [4.78, 5) is 15.2. The molecule has 1 amide bonds. The Morgan fingerprint density at radius 1 is 1.15 bits per heavy atom. The lowest BCUT2D eigenvalue weighted by molar-refractivity contribution is -0.137. The summed E-state index contributed by atoms with van der Waals surface area (Å²) >= 11 is 0. The predicted molar refractivity (Wildman–Crippen MR) is 118 cm³/mol. The van der Waals surface area contributed by atoms with Crippen molar-refractivity contribution in [1.82, 2.24) is 14.7 Å². The number of nitrogens with zero attached hydrogens (tertiary/aromatic N) is 3. The molecule has 0 radical (unpaired) electrons. The number of rotatable bonds is 5. The van der Waals surface area contributed by atoms with E-state index >= 15 is 0 Å². The SMILES string of the molecule is COc1cccc(C2CCCN2C(=O)Cc2c(C)nn(-c3cccc(C(F)(F)F)c3)c2C)c1. The van der Waals surface area contributed by atoms with Crippen LogP contribution in [0.25, 0.3) is 5.69 Å². The Bertz CT molecular complexity index is 1170. The molecule has 1 fully saturated rings. The monoisotopic (exact) mass is 457 g/mol. The minimum atomic E-state index is -4.43. The molecule has 0 saturated carbocycles. The van der Waals surface area contributed by atoms with Crippen molar-refractivity contribution in [3.8, 4) is 11.4 Å². The molecule has 174 valence electrons. The van der Waals surface area contributed by atoms with Crippen LogP contribution in [0.15, 0.2) is 48.5 Å². The zero-order chi connectivity index (χ0) is 23.8. The molecule has 1 aromatic heterocycles. The minimum Gasteiger partial charge on any atom is -0.497 e. The van der Waals surface area contributed by atoms with E-state index in [2.05, 4.69) is 5.10 Å². The maximum atomic E-state index is 13.3. The smallest absolute Gasteiger partial charge is 0.416 e. The highest BCUT2D eigenvalue weighted by Crippen LogP contribution is 2.35. The molecule has 8 heteroatoms. The van der Waals surface area contributed by atoms with Gasteiger partial charge in [0.25, 0.3) is 0 Å². The molecule has 3 aromatic rings. The van der Waals surface area contributed by atoms with Gasteiger partial charge in [0.2, 0.25) is 5.91 Å². The molecule has 4 rings (SSSR count). The predicted octanol–water partition coefficient (Wildman–Crippen LogP) is 5.42. The van der Waals surface area contributed by atoms with Gasteiger partial charge in [0.15, 0.2) is 0 Å². The Balaban J connectivity index is 1.58. The molecular formula is C25H26F3N3O2. The number of amides is 1. The number of aryl methyl sites for hydroxylation is 1. The number of alkyl halides is 3. The molecular weight excluding hydrogens is 431 g/mol. The summed E-state index contributed by atoms with van der Waals surface area (Å²) in [6, 6.07) is 12.8. The number of hydrogen-bond acceptors (Lipinski definition) is 3. The Kier molecular flexibility index (Phi) is 6.19. The molecule has 33 heavy (non-hydrogen) atoms. The van der Waals surface area contributed by atoms with Crippen LogP contribution in [0.1, 0.15) is 47.0 Å². The average molecular weight is 457 g/mol. The number of carbonyl (C=O) groups excluding carboxylic acids is 1. The lowest BCUT2D eigenvalue weighted by atomic mass is 10.0. The van der Waals surface area contributed by atoms with E-state index < -0.39 is 11.7 Å². The topological polar surface area (TPSA) is 47.4 Å². The van der Waals surface area contributed by atoms with E-state index in [-0.39, 0.29) is 18.4 Å². The van der Waals surface area contributed by atoms with E-state index in [1.807, 2.05) is 29.2 Å². The number of halogens is 3. The average Bonchev–Trinajstić information content (AvgIpc) is 3.39. The van der Waals surface area contributed by atoms with Gasteiger partial charge < -0.3 is 9.64 Å². The zero-order valence-corrected chi connectivity index (χ0v) is 18.8. The summed E-state index contributed by atoms with van der Waals surface area (Å²) in [6.07, 6.45) is -2.50. The van der Waals surface area contributed by atoms with Crippen LogP contribution >= 0.6 is 0 Å². The van der Waals surface area contributed by atoms with Crippen molar-refractivity contribution in [3.63, 3.8) is 0 Å². The number of benzene rings is 2. The number of ether oxygens (including phenoxy) is 1. The van der Waals surface area contributed by atoms with Gasteiger partial charge in [-0.3, -0.25) is 4.79 Å². The highest BCUT2D eigenvalue weighted by Gasteiger charge is 2.32. The van der Waals surface area contributed by atoms with E-state index in [0.29, 0.717) is 23.6 Å². The van der Waals surface area contributed by atoms with E-state index in [9.17, 15) is 18.0 Å². The summed E-state index contributed by atoms with van der Waals surface area (Å²) in [7, 11) is 1.62. The van der Waals surface area contributed by atoms with Crippen LogP contribution in [0, 0.1) is 13.8 Å². The van der Waals surface area contributed by atoms with Crippen LogP contribution < -0.4 is 4.74 Å². The maximum Gasteiger partial charge on any atom is 0.416 e. The largest absolute Gasteiger partial charge is 0.497 e. The van der Waals surface area contributed by atoms with Gasteiger partial charge in [-0.2, -0.15) is 18.3 Å². The highest BCUT2D eigenvalue weighted by molar-refractivity contribution is 5.80. The summed E-state index contributed by atoms with van der Waals surface area (Å²) in [5.41, 5.74) is 2.66. The van der Waals surface area contributed by atoms with Crippen LogP contribution in [0.5, 0.6) is 5.75 Å². The lowest BCUT2D eigenvalue weighted by Crippen LogP contribution is -2.32. The first kappa shape index (κ1) is 22.9. The van der Waals surface area contributed by atoms with Crippen molar-refractivity contribution in [2.75, 3.05) is 13.7 Å². The molecule has 1 atom stereocenters. The first-order valence-corrected chi connectivity index (χ1v) is 10.8. The Morgan fingerprint density at radius 3 is 2.64 bits per heavy atom. The Labute approximate surface area is 190 Å². The van der Waals surface area contributed by atoms with E-state index in [1.165, 1.54) is 10.7 Å². The first-order chi connectivity index (χ1) is 15.7. The fourth-order valence-electron chi connectivity index (χ4n) is 4.51. The highest BCUT2D eigenvalue weighted by atomic mass is 19.4.